The first-order valence-corrected chi connectivity index (χ1v) is 8.99. The Kier molecular flexibility index (Phi) is 8.80. The molecule has 0 bridgehead atoms. The van der Waals surface area contributed by atoms with E-state index in [0.29, 0.717) is 6.20 Å². The summed E-state index contributed by atoms with van der Waals surface area (Å²) in [7, 11) is 0. The minimum Gasteiger partial charge on any atom is -0.478 e. The van der Waals surface area contributed by atoms with Crippen LogP contribution in [0.25, 0.3) is 0 Å². The molecule has 0 aliphatic rings. The molecule has 0 atom stereocenters. The van der Waals surface area contributed by atoms with Crippen molar-refractivity contribution in [1.29, 1.82) is 0 Å². The topological polar surface area (TPSA) is 127 Å². The van der Waals surface area contributed by atoms with E-state index in [1.54, 1.807) is 20.8 Å². The Morgan fingerprint density at radius 1 is 0.909 bits per heavy atom. The summed E-state index contributed by atoms with van der Waals surface area (Å²) in [6.45, 7) is 4.74. The van der Waals surface area contributed by atoms with Gasteiger partial charge >= 0.3 is 24.4 Å². The normalized spacial score (nSPS) is 11.8. The number of anilines is 1. The Labute approximate surface area is 191 Å². The number of alkyl halides is 6. The average Bonchev–Trinajstić information content (AvgIpc) is 2.60. The van der Waals surface area contributed by atoms with Crippen LogP contribution in [0, 0.1) is 0 Å². The summed E-state index contributed by atoms with van der Waals surface area (Å²) in [5.41, 5.74) is -5.37. The standard InChI is InChI=1S/C10H11ClF3N3O2.C6H2ClF3N2O2/c1-9(2,3)19-8(18)16-5-4-15-7(11)17-6(5)10(12,13)14;7-5-11-1-2(4(13)14)3(12-5)6(8,9)10/h4H,1-3H3,(H,16,18);1H,(H,13,14). The second-order valence-corrected chi connectivity index (χ2v) is 7.41. The Morgan fingerprint density at radius 3 is 1.79 bits per heavy atom. The molecule has 2 heterocycles. The zero-order chi connectivity index (χ0) is 25.8. The lowest BCUT2D eigenvalue weighted by atomic mass is 10.2. The van der Waals surface area contributed by atoms with Gasteiger partial charge in [-0.3, -0.25) is 5.32 Å². The number of aromatic carboxylic acids is 1. The van der Waals surface area contributed by atoms with Crippen molar-refractivity contribution in [2.45, 2.75) is 38.7 Å². The molecule has 1 amide bonds. The number of carboxylic acid groups (broad SMARTS) is 1. The van der Waals surface area contributed by atoms with E-state index in [2.05, 4.69) is 19.9 Å². The lowest BCUT2D eigenvalue weighted by Gasteiger charge is -2.20. The fourth-order valence-electron chi connectivity index (χ4n) is 1.81. The third-order valence-electron chi connectivity index (χ3n) is 2.92. The van der Waals surface area contributed by atoms with Crippen molar-refractivity contribution >= 4 is 41.0 Å². The maximum atomic E-state index is 12.7. The fourth-order valence-corrected chi connectivity index (χ4v) is 2.08. The van der Waals surface area contributed by atoms with Crippen molar-refractivity contribution < 1.29 is 45.8 Å². The number of ether oxygens (including phenoxy) is 1. The summed E-state index contributed by atoms with van der Waals surface area (Å²) < 4.78 is 79.4. The van der Waals surface area contributed by atoms with Crippen LogP contribution >= 0.6 is 23.2 Å². The second-order valence-electron chi connectivity index (χ2n) is 6.73. The minimum absolute atomic E-state index is 0.514. The minimum atomic E-state index is -4.86. The van der Waals surface area contributed by atoms with Crippen molar-refractivity contribution in [2.24, 2.45) is 0 Å². The van der Waals surface area contributed by atoms with E-state index in [9.17, 15) is 35.9 Å². The van der Waals surface area contributed by atoms with Gasteiger partial charge in [-0.05, 0) is 44.0 Å². The molecule has 2 aromatic rings. The number of carbonyl (C=O) groups excluding carboxylic acids is 1. The van der Waals surface area contributed by atoms with Crippen LogP contribution in [-0.2, 0) is 17.1 Å². The van der Waals surface area contributed by atoms with Gasteiger partial charge in [-0.25, -0.2) is 29.5 Å². The van der Waals surface area contributed by atoms with Gasteiger partial charge in [-0.2, -0.15) is 26.3 Å². The van der Waals surface area contributed by atoms with E-state index < -0.39 is 63.2 Å². The van der Waals surface area contributed by atoms with E-state index in [4.69, 9.17) is 33.0 Å². The molecule has 0 aliphatic carbocycles. The van der Waals surface area contributed by atoms with Gasteiger partial charge in [-0.15, -0.1) is 0 Å². The smallest absolute Gasteiger partial charge is 0.435 e. The first kappa shape index (κ1) is 28.1. The highest BCUT2D eigenvalue weighted by molar-refractivity contribution is 6.28. The number of carboxylic acids is 1. The number of nitrogens with zero attached hydrogens (tertiary/aromatic N) is 4. The van der Waals surface area contributed by atoms with Gasteiger partial charge < -0.3 is 9.84 Å². The van der Waals surface area contributed by atoms with Crippen LogP contribution in [-0.4, -0.2) is 42.7 Å². The lowest BCUT2D eigenvalue weighted by molar-refractivity contribution is -0.142. The third kappa shape index (κ3) is 9.21. The number of aromatic nitrogens is 4. The van der Waals surface area contributed by atoms with Crippen LogP contribution < -0.4 is 5.32 Å². The third-order valence-corrected chi connectivity index (χ3v) is 3.29. The summed E-state index contributed by atoms with van der Waals surface area (Å²) in [6.07, 6.45) is -9.39. The largest absolute Gasteiger partial charge is 0.478 e. The second kappa shape index (κ2) is 10.3. The van der Waals surface area contributed by atoms with E-state index in [1.807, 2.05) is 5.32 Å². The SMILES string of the molecule is CC(C)(C)OC(=O)Nc1cnc(Cl)nc1C(F)(F)F.O=C(O)c1cnc(Cl)nc1C(F)(F)F. The first-order valence-electron chi connectivity index (χ1n) is 8.24. The number of halogens is 8. The summed E-state index contributed by atoms with van der Waals surface area (Å²) in [5, 5.41) is 9.11. The molecule has 0 saturated heterocycles. The molecule has 17 heteroatoms. The van der Waals surface area contributed by atoms with Gasteiger partial charge in [0.2, 0.25) is 10.6 Å². The maximum Gasteiger partial charge on any atom is 0.435 e. The molecule has 0 radical (unpaired) electrons. The molecule has 0 aromatic carbocycles. The molecule has 0 unspecified atom stereocenters. The van der Waals surface area contributed by atoms with Crippen molar-refractivity contribution in [3.63, 3.8) is 0 Å². The summed E-state index contributed by atoms with van der Waals surface area (Å²) >= 11 is 10.4. The van der Waals surface area contributed by atoms with Gasteiger partial charge in [0.25, 0.3) is 0 Å². The number of hydrogen-bond acceptors (Lipinski definition) is 7. The Hall–Kier alpha value is -2.94. The number of hydrogen-bond donors (Lipinski definition) is 2. The van der Waals surface area contributed by atoms with Gasteiger partial charge in [0, 0.05) is 6.20 Å². The van der Waals surface area contributed by atoms with Crippen LogP contribution in [0.1, 0.15) is 42.5 Å². The van der Waals surface area contributed by atoms with Gasteiger partial charge in [-0.1, -0.05) is 0 Å². The summed E-state index contributed by atoms with van der Waals surface area (Å²) in [6, 6.07) is 0. The zero-order valence-corrected chi connectivity index (χ0v) is 18.2. The highest BCUT2D eigenvalue weighted by atomic mass is 35.5. The molecule has 33 heavy (non-hydrogen) atoms. The highest BCUT2D eigenvalue weighted by Gasteiger charge is 2.38. The highest BCUT2D eigenvalue weighted by Crippen LogP contribution is 2.33. The monoisotopic (exact) mass is 523 g/mol. The van der Waals surface area contributed by atoms with E-state index in [-0.39, 0.29) is 0 Å². The Balaban J connectivity index is 0.000000346. The fraction of sp³-hybridized carbons (Fsp3) is 0.375. The predicted octanol–water partition coefficient (Wildman–Crippen LogP) is 5.34. The molecule has 2 aromatic heterocycles. The number of nitrogens with one attached hydrogen (secondary N) is 1. The van der Waals surface area contributed by atoms with Gasteiger partial charge in [0.05, 0.1) is 11.9 Å². The molecule has 0 aliphatic heterocycles. The van der Waals surface area contributed by atoms with E-state index >= 15 is 0 Å². The predicted molar refractivity (Wildman–Crippen MR) is 101 cm³/mol. The van der Waals surface area contributed by atoms with Gasteiger partial charge in [0.15, 0.2) is 11.4 Å². The number of rotatable bonds is 2. The Morgan fingerprint density at radius 2 is 1.36 bits per heavy atom. The molecule has 0 fully saturated rings. The van der Waals surface area contributed by atoms with E-state index in [1.165, 1.54) is 0 Å². The summed E-state index contributed by atoms with van der Waals surface area (Å²) in [5.74, 6) is -1.76. The van der Waals surface area contributed by atoms with Crippen molar-refractivity contribution in [1.82, 2.24) is 19.9 Å². The quantitative estimate of drug-likeness (QED) is 0.398. The molecule has 0 spiro atoms. The van der Waals surface area contributed by atoms with Crippen LogP contribution in [0.5, 0.6) is 0 Å². The number of carbonyl (C=O) groups is 2. The summed E-state index contributed by atoms with van der Waals surface area (Å²) in [4.78, 5) is 34.2. The molecular weight excluding hydrogens is 511 g/mol. The molecule has 2 rings (SSSR count). The molecule has 2 N–H and O–H groups in total. The first-order chi connectivity index (χ1) is 14.8. The average molecular weight is 524 g/mol. The molecular formula is C16H13Cl2F6N5O4. The van der Waals surface area contributed by atoms with Crippen LogP contribution in [0.2, 0.25) is 10.6 Å². The van der Waals surface area contributed by atoms with Crippen molar-refractivity contribution in [3.05, 3.63) is 39.9 Å². The number of amides is 1. The van der Waals surface area contributed by atoms with Crippen LogP contribution in [0.4, 0.5) is 36.8 Å². The van der Waals surface area contributed by atoms with Gasteiger partial charge in [0.1, 0.15) is 11.2 Å². The Bertz CT molecular complexity index is 1030. The van der Waals surface area contributed by atoms with Crippen molar-refractivity contribution in [3.8, 4) is 0 Å². The van der Waals surface area contributed by atoms with Crippen LogP contribution in [0.3, 0.4) is 0 Å². The van der Waals surface area contributed by atoms with Crippen molar-refractivity contribution in [2.75, 3.05) is 5.32 Å². The maximum absolute atomic E-state index is 12.7. The molecule has 0 saturated carbocycles. The zero-order valence-electron chi connectivity index (χ0n) is 16.6. The molecule has 9 nitrogen and oxygen atoms in total. The lowest BCUT2D eigenvalue weighted by Crippen LogP contribution is -2.28. The van der Waals surface area contributed by atoms with Crippen LogP contribution in [0.15, 0.2) is 12.4 Å². The van der Waals surface area contributed by atoms with E-state index in [0.717, 1.165) is 6.20 Å². The molecule has 182 valence electrons.